The molecule has 5 nitrogen and oxygen atoms in total. The number of ether oxygens (including phenoxy) is 1. The van der Waals surface area contributed by atoms with Crippen LogP contribution in [-0.4, -0.2) is 55.0 Å². The first kappa shape index (κ1) is 14.1. The summed E-state index contributed by atoms with van der Waals surface area (Å²) in [6.45, 7) is 3.98. The van der Waals surface area contributed by atoms with Crippen LogP contribution in [0.2, 0.25) is 0 Å². The maximum atomic E-state index is 9.89. The van der Waals surface area contributed by atoms with Crippen LogP contribution in [0, 0.1) is 0 Å². The second-order valence-electron chi connectivity index (χ2n) is 4.75. The second kappa shape index (κ2) is 6.75. The zero-order chi connectivity index (χ0) is 13.7. The average molecular weight is 266 g/mol. The summed E-state index contributed by atoms with van der Waals surface area (Å²) in [5, 5.41) is 22.5. The Morgan fingerprint density at radius 1 is 1.37 bits per heavy atom. The van der Waals surface area contributed by atoms with Gasteiger partial charge in [0, 0.05) is 38.8 Å². The van der Waals surface area contributed by atoms with Gasteiger partial charge in [-0.25, -0.2) is 0 Å². The standard InChI is InChI=1S/C14H22N2O3/c1-19-14-3-2-11(10-13(14)18)12(4-9-17)16-7-5-15-6-8-16/h2-3,10,12,15,17-18H,4-9H2,1H3/t12-/m0/s1. The fourth-order valence-corrected chi connectivity index (χ4v) is 2.59. The quantitative estimate of drug-likeness (QED) is 0.733. The van der Waals surface area contributed by atoms with Crippen molar-refractivity contribution in [2.24, 2.45) is 0 Å². The van der Waals surface area contributed by atoms with E-state index in [0.717, 1.165) is 31.7 Å². The minimum absolute atomic E-state index is 0.140. The summed E-state index contributed by atoms with van der Waals surface area (Å²) in [5.74, 6) is 0.630. The SMILES string of the molecule is COc1ccc([C@H](CCO)N2CCNCC2)cc1O. The fraction of sp³-hybridized carbons (Fsp3) is 0.571. The van der Waals surface area contributed by atoms with Crippen LogP contribution in [0.1, 0.15) is 18.0 Å². The number of hydrogen-bond donors (Lipinski definition) is 3. The summed E-state index contributed by atoms with van der Waals surface area (Å²) < 4.78 is 5.06. The van der Waals surface area contributed by atoms with Crippen molar-refractivity contribution in [2.75, 3.05) is 39.9 Å². The molecule has 3 N–H and O–H groups in total. The lowest BCUT2D eigenvalue weighted by molar-refractivity contribution is 0.141. The summed E-state index contributed by atoms with van der Waals surface area (Å²) in [7, 11) is 1.54. The van der Waals surface area contributed by atoms with Crippen molar-refractivity contribution in [2.45, 2.75) is 12.5 Å². The first-order valence-corrected chi connectivity index (χ1v) is 6.68. The van der Waals surface area contributed by atoms with Gasteiger partial charge in [-0.15, -0.1) is 0 Å². The molecule has 0 aromatic heterocycles. The molecule has 0 bridgehead atoms. The van der Waals surface area contributed by atoms with Gasteiger partial charge in [0.05, 0.1) is 7.11 Å². The number of nitrogens with one attached hydrogen (secondary N) is 1. The van der Waals surface area contributed by atoms with Gasteiger partial charge in [0.2, 0.25) is 0 Å². The zero-order valence-corrected chi connectivity index (χ0v) is 11.3. The van der Waals surface area contributed by atoms with E-state index in [1.165, 1.54) is 7.11 Å². The lowest BCUT2D eigenvalue weighted by atomic mass is 10.0. The number of aliphatic hydroxyl groups excluding tert-OH is 1. The number of piperazine rings is 1. The molecule has 1 heterocycles. The molecule has 1 saturated heterocycles. The normalized spacial score (nSPS) is 18.2. The molecule has 5 heteroatoms. The van der Waals surface area contributed by atoms with Crippen molar-refractivity contribution in [3.63, 3.8) is 0 Å². The lowest BCUT2D eigenvalue weighted by Crippen LogP contribution is -2.45. The van der Waals surface area contributed by atoms with Crippen molar-refractivity contribution in [3.8, 4) is 11.5 Å². The number of aliphatic hydroxyl groups is 1. The number of nitrogens with zero attached hydrogens (tertiary/aromatic N) is 1. The van der Waals surface area contributed by atoms with E-state index in [1.807, 2.05) is 6.07 Å². The molecule has 1 aromatic rings. The van der Waals surface area contributed by atoms with E-state index in [4.69, 9.17) is 4.74 Å². The number of rotatable bonds is 5. The third-order valence-electron chi connectivity index (χ3n) is 3.58. The van der Waals surface area contributed by atoms with Crippen molar-refractivity contribution >= 4 is 0 Å². The summed E-state index contributed by atoms with van der Waals surface area (Å²) in [5.41, 5.74) is 1.02. The van der Waals surface area contributed by atoms with Crippen LogP contribution in [0.4, 0.5) is 0 Å². The van der Waals surface area contributed by atoms with Gasteiger partial charge >= 0.3 is 0 Å². The van der Waals surface area contributed by atoms with E-state index in [0.29, 0.717) is 12.2 Å². The lowest BCUT2D eigenvalue weighted by Gasteiger charge is -2.35. The summed E-state index contributed by atoms with van der Waals surface area (Å²) in [4.78, 5) is 2.34. The van der Waals surface area contributed by atoms with E-state index in [1.54, 1.807) is 12.1 Å². The molecule has 0 radical (unpaired) electrons. The molecule has 0 amide bonds. The number of hydrogen-bond acceptors (Lipinski definition) is 5. The molecule has 1 aliphatic rings. The third kappa shape index (κ3) is 3.37. The monoisotopic (exact) mass is 266 g/mol. The molecule has 0 saturated carbocycles. The minimum atomic E-state index is 0.140. The van der Waals surface area contributed by atoms with E-state index < -0.39 is 0 Å². The van der Waals surface area contributed by atoms with Crippen LogP contribution < -0.4 is 10.1 Å². The molecule has 1 aliphatic heterocycles. The number of phenolic OH excluding ortho intramolecular Hbond substituents is 1. The maximum Gasteiger partial charge on any atom is 0.160 e. The Morgan fingerprint density at radius 3 is 2.68 bits per heavy atom. The van der Waals surface area contributed by atoms with E-state index in [2.05, 4.69) is 10.2 Å². The summed E-state index contributed by atoms with van der Waals surface area (Å²) >= 11 is 0. The third-order valence-corrected chi connectivity index (χ3v) is 3.58. The fourth-order valence-electron chi connectivity index (χ4n) is 2.59. The highest BCUT2D eigenvalue weighted by Crippen LogP contribution is 2.32. The summed E-state index contributed by atoms with van der Waals surface area (Å²) in [6.07, 6.45) is 0.672. The van der Waals surface area contributed by atoms with Crippen molar-refractivity contribution in [3.05, 3.63) is 23.8 Å². The topological polar surface area (TPSA) is 65.0 Å². The smallest absolute Gasteiger partial charge is 0.160 e. The highest BCUT2D eigenvalue weighted by Gasteiger charge is 2.22. The van der Waals surface area contributed by atoms with Crippen LogP contribution in [0.3, 0.4) is 0 Å². The first-order valence-electron chi connectivity index (χ1n) is 6.68. The molecule has 106 valence electrons. The van der Waals surface area contributed by atoms with Gasteiger partial charge in [-0.1, -0.05) is 6.07 Å². The van der Waals surface area contributed by atoms with Gasteiger partial charge in [-0.3, -0.25) is 4.90 Å². The Kier molecular flexibility index (Phi) is 5.01. The van der Waals surface area contributed by atoms with Crippen LogP contribution >= 0.6 is 0 Å². The Labute approximate surface area is 113 Å². The molecule has 0 unspecified atom stereocenters. The zero-order valence-electron chi connectivity index (χ0n) is 11.3. The predicted molar refractivity (Wildman–Crippen MR) is 73.5 cm³/mol. The molecule has 2 rings (SSSR count). The highest BCUT2D eigenvalue weighted by atomic mass is 16.5. The van der Waals surface area contributed by atoms with Crippen molar-refractivity contribution in [1.29, 1.82) is 0 Å². The van der Waals surface area contributed by atoms with E-state index >= 15 is 0 Å². The average Bonchev–Trinajstić information content (AvgIpc) is 2.45. The predicted octanol–water partition coefficient (Wildman–Crippen LogP) is 0.729. The summed E-state index contributed by atoms with van der Waals surface area (Å²) in [6, 6.07) is 5.61. The molecule has 1 aromatic carbocycles. The number of phenols is 1. The van der Waals surface area contributed by atoms with Crippen molar-refractivity contribution < 1.29 is 14.9 Å². The van der Waals surface area contributed by atoms with Gasteiger partial charge < -0.3 is 20.3 Å². The second-order valence-corrected chi connectivity index (χ2v) is 4.75. The van der Waals surface area contributed by atoms with Gasteiger partial charge in [0.15, 0.2) is 11.5 Å². The number of aromatic hydroxyl groups is 1. The van der Waals surface area contributed by atoms with E-state index in [9.17, 15) is 10.2 Å². The van der Waals surface area contributed by atoms with Crippen LogP contribution in [0.25, 0.3) is 0 Å². The van der Waals surface area contributed by atoms with Crippen LogP contribution in [0.15, 0.2) is 18.2 Å². The molecule has 19 heavy (non-hydrogen) atoms. The van der Waals surface area contributed by atoms with Crippen LogP contribution in [-0.2, 0) is 0 Å². The van der Waals surface area contributed by atoms with Gasteiger partial charge in [-0.05, 0) is 24.1 Å². The molecule has 0 aliphatic carbocycles. The number of benzene rings is 1. The molecular weight excluding hydrogens is 244 g/mol. The van der Waals surface area contributed by atoms with Crippen molar-refractivity contribution in [1.82, 2.24) is 10.2 Å². The Bertz CT molecular complexity index is 406. The molecule has 0 spiro atoms. The minimum Gasteiger partial charge on any atom is -0.504 e. The van der Waals surface area contributed by atoms with E-state index in [-0.39, 0.29) is 18.4 Å². The molecular formula is C14H22N2O3. The van der Waals surface area contributed by atoms with Crippen LogP contribution in [0.5, 0.6) is 11.5 Å². The Balaban J connectivity index is 2.19. The first-order chi connectivity index (χ1) is 9.26. The van der Waals surface area contributed by atoms with Gasteiger partial charge in [0.1, 0.15) is 0 Å². The Morgan fingerprint density at radius 2 is 2.11 bits per heavy atom. The number of methoxy groups -OCH3 is 1. The largest absolute Gasteiger partial charge is 0.504 e. The maximum absolute atomic E-state index is 9.89. The highest BCUT2D eigenvalue weighted by molar-refractivity contribution is 5.42. The van der Waals surface area contributed by atoms with Gasteiger partial charge in [-0.2, -0.15) is 0 Å². The van der Waals surface area contributed by atoms with Gasteiger partial charge in [0.25, 0.3) is 0 Å². The molecule has 1 fully saturated rings. The molecule has 1 atom stereocenters. The Hall–Kier alpha value is -1.30.